The number of nitrogens with zero attached hydrogens (tertiary/aromatic N) is 3. The SMILES string of the molecule is CN1CCC(n2cncc2C(N)c2ccccc2)C1=O. The van der Waals surface area contributed by atoms with Gasteiger partial charge in [-0.25, -0.2) is 4.98 Å². The summed E-state index contributed by atoms with van der Waals surface area (Å²) in [5.74, 6) is 0.129. The molecule has 20 heavy (non-hydrogen) atoms. The molecular weight excluding hydrogens is 252 g/mol. The third-order valence-electron chi connectivity index (χ3n) is 3.91. The van der Waals surface area contributed by atoms with Crippen LogP contribution in [0.3, 0.4) is 0 Å². The standard InChI is InChI=1S/C15H18N4O/c1-18-8-7-12(15(18)20)19-10-17-9-13(19)14(16)11-5-3-2-4-6-11/h2-6,9-10,12,14H,7-8,16H2,1H3. The molecule has 1 aliphatic heterocycles. The third kappa shape index (κ3) is 2.10. The van der Waals surface area contributed by atoms with E-state index in [4.69, 9.17) is 5.73 Å². The summed E-state index contributed by atoms with van der Waals surface area (Å²) in [5, 5.41) is 0. The van der Waals surface area contributed by atoms with Gasteiger partial charge in [-0.05, 0) is 12.0 Å². The van der Waals surface area contributed by atoms with Crippen molar-refractivity contribution in [3.63, 3.8) is 0 Å². The summed E-state index contributed by atoms with van der Waals surface area (Å²) in [6.45, 7) is 0.779. The summed E-state index contributed by atoms with van der Waals surface area (Å²) in [7, 11) is 1.83. The fourth-order valence-electron chi connectivity index (χ4n) is 2.71. The van der Waals surface area contributed by atoms with Crippen molar-refractivity contribution in [3.8, 4) is 0 Å². The number of nitrogens with two attached hydrogens (primary N) is 1. The highest BCUT2D eigenvalue weighted by Gasteiger charge is 2.32. The second kappa shape index (κ2) is 5.09. The predicted octanol–water partition coefficient (Wildman–Crippen LogP) is 1.33. The van der Waals surface area contributed by atoms with E-state index in [1.807, 2.05) is 41.9 Å². The van der Waals surface area contributed by atoms with E-state index in [2.05, 4.69) is 4.98 Å². The largest absolute Gasteiger partial charge is 0.344 e. The van der Waals surface area contributed by atoms with Gasteiger partial charge < -0.3 is 15.2 Å². The average molecular weight is 270 g/mol. The number of rotatable bonds is 3. The van der Waals surface area contributed by atoms with Gasteiger partial charge in [0.05, 0.1) is 24.3 Å². The van der Waals surface area contributed by atoms with Gasteiger partial charge >= 0.3 is 0 Å². The van der Waals surface area contributed by atoms with Crippen molar-refractivity contribution >= 4 is 5.91 Å². The number of likely N-dealkylation sites (N-methyl/N-ethyl adjacent to an activating group) is 1. The van der Waals surface area contributed by atoms with Crippen LogP contribution in [0.15, 0.2) is 42.9 Å². The highest BCUT2D eigenvalue weighted by molar-refractivity contribution is 5.82. The number of benzene rings is 1. The lowest BCUT2D eigenvalue weighted by Gasteiger charge is -2.19. The van der Waals surface area contributed by atoms with Crippen LogP contribution < -0.4 is 5.73 Å². The summed E-state index contributed by atoms with van der Waals surface area (Å²) in [6.07, 6.45) is 4.27. The van der Waals surface area contributed by atoms with Crippen LogP contribution >= 0.6 is 0 Å². The van der Waals surface area contributed by atoms with E-state index in [0.717, 1.165) is 24.2 Å². The first-order valence-corrected chi connectivity index (χ1v) is 6.75. The fourth-order valence-corrected chi connectivity index (χ4v) is 2.71. The Morgan fingerprint density at radius 2 is 2.10 bits per heavy atom. The maximum absolute atomic E-state index is 12.2. The first-order valence-electron chi connectivity index (χ1n) is 6.75. The molecule has 5 heteroatoms. The molecule has 0 spiro atoms. The van der Waals surface area contributed by atoms with Gasteiger partial charge in [0.25, 0.3) is 0 Å². The van der Waals surface area contributed by atoms with E-state index in [1.165, 1.54) is 0 Å². The summed E-state index contributed by atoms with van der Waals surface area (Å²) in [5.41, 5.74) is 8.22. The van der Waals surface area contributed by atoms with Crippen LogP contribution in [0, 0.1) is 0 Å². The number of imidazole rings is 1. The molecule has 1 aromatic carbocycles. The molecule has 1 amide bonds. The Labute approximate surface area is 118 Å². The maximum Gasteiger partial charge on any atom is 0.245 e. The number of aromatic nitrogens is 2. The minimum absolute atomic E-state index is 0.129. The van der Waals surface area contributed by atoms with E-state index in [0.29, 0.717) is 0 Å². The minimum Gasteiger partial charge on any atom is -0.344 e. The highest BCUT2D eigenvalue weighted by atomic mass is 16.2. The van der Waals surface area contributed by atoms with Crippen LogP contribution in [0.4, 0.5) is 0 Å². The third-order valence-corrected chi connectivity index (χ3v) is 3.91. The number of hydrogen-bond acceptors (Lipinski definition) is 3. The number of hydrogen-bond donors (Lipinski definition) is 1. The van der Waals surface area contributed by atoms with Crippen molar-refractivity contribution in [3.05, 3.63) is 54.1 Å². The zero-order valence-electron chi connectivity index (χ0n) is 11.4. The van der Waals surface area contributed by atoms with E-state index >= 15 is 0 Å². The van der Waals surface area contributed by atoms with Crippen molar-refractivity contribution in [2.24, 2.45) is 5.73 Å². The van der Waals surface area contributed by atoms with Crippen molar-refractivity contribution in [1.82, 2.24) is 14.5 Å². The number of likely N-dealkylation sites (tertiary alicyclic amines) is 1. The van der Waals surface area contributed by atoms with Crippen molar-refractivity contribution in [2.75, 3.05) is 13.6 Å². The number of carbonyl (C=O) groups is 1. The van der Waals surface area contributed by atoms with E-state index in [1.54, 1.807) is 17.4 Å². The molecule has 2 atom stereocenters. The molecule has 2 aromatic rings. The van der Waals surface area contributed by atoms with Crippen LogP contribution in [0.25, 0.3) is 0 Å². The Bertz CT molecular complexity index is 607. The number of carbonyl (C=O) groups excluding carboxylic acids is 1. The van der Waals surface area contributed by atoms with E-state index < -0.39 is 0 Å². The summed E-state index contributed by atoms with van der Waals surface area (Å²) in [6, 6.07) is 9.43. The molecule has 1 fully saturated rings. The molecule has 104 valence electrons. The van der Waals surface area contributed by atoms with Crippen LogP contribution in [-0.2, 0) is 4.79 Å². The second-order valence-electron chi connectivity index (χ2n) is 5.18. The predicted molar refractivity (Wildman–Crippen MR) is 76.0 cm³/mol. The van der Waals surface area contributed by atoms with Crippen LogP contribution in [-0.4, -0.2) is 34.0 Å². The molecule has 5 nitrogen and oxygen atoms in total. The maximum atomic E-state index is 12.2. The summed E-state index contributed by atoms with van der Waals surface area (Å²) in [4.78, 5) is 18.1. The topological polar surface area (TPSA) is 64.2 Å². The molecule has 0 aliphatic carbocycles. The quantitative estimate of drug-likeness (QED) is 0.915. The normalized spacial score (nSPS) is 20.4. The van der Waals surface area contributed by atoms with E-state index in [9.17, 15) is 4.79 Å². The molecule has 2 N–H and O–H groups in total. The first-order chi connectivity index (χ1) is 9.68. The van der Waals surface area contributed by atoms with Crippen LogP contribution in [0.1, 0.15) is 29.8 Å². The molecule has 2 heterocycles. The summed E-state index contributed by atoms with van der Waals surface area (Å²) >= 11 is 0. The molecule has 1 aromatic heterocycles. The lowest BCUT2D eigenvalue weighted by atomic mass is 10.0. The van der Waals surface area contributed by atoms with Crippen LogP contribution in [0.2, 0.25) is 0 Å². The Balaban J connectivity index is 1.93. The minimum atomic E-state index is -0.266. The van der Waals surface area contributed by atoms with Gasteiger partial charge in [-0.3, -0.25) is 4.79 Å². The Kier molecular flexibility index (Phi) is 3.28. The molecular formula is C15H18N4O. The zero-order valence-corrected chi connectivity index (χ0v) is 11.4. The van der Waals surface area contributed by atoms with Gasteiger partial charge in [0.2, 0.25) is 5.91 Å². The summed E-state index contributed by atoms with van der Waals surface area (Å²) < 4.78 is 1.92. The monoisotopic (exact) mass is 270 g/mol. The zero-order chi connectivity index (χ0) is 14.1. The Hall–Kier alpha value is -2.14. The van der Waals surface area contributed by atoms with Crippen molar-refractivity contribution in [2.45, 2.75) is 18.5 Å². The fraction of sp³-hybridized carbons (Fsp3) is 0.333. The van der Waals surface area contributed by atoms with Crippen molar-refractivity contribution < 1.29 is 4.79 Å². The number of amides is 1. The van der Waals surface area contributed by atoms with Crippen molar-refractivity contribution in [1.29, 1.82) is 0 Å². The Morgan fingerprint density at radius 1 is 1.35 bits per heavy atom. The lowest BCUT2D eigenvalue weighted by Crippen LogP contribution is -2.26. The average Bonchev–Trinajstić information content (AvgIpc) is 3.07. The molecule has 1 saturated heterocycles. The van der Waals surface area contributed by atoms with Gasteiger partial charge in [0.15, 0.2) is 0 Å². The molecule has 1 aliphatic rings. The molecule has 0 radical (unpaired) electrons. The van der Waals surface area contributed by atoms with Gasteiger partial charge in [-0.1, -0.05) is 30.3 Å². The van der Waals surface area contributed by atoms with Gasteiger partial charge in [-0.15, -0.1) is 0 Å². The molecule has 2 unspecified atom stereocenters. The van der Waals surface area contributed by atoms with E-state index in [-0.39, 0.29) is 18.0 Å². The smallest absolute Gasteiger partial charge is 0.245 e. The second-order valence-corrected chi connectivity index (χ2v) is 5.18. The van der Waals surface area contributed by atoms with Crippen LogP contribution in [0.5, 0.6) is 0 Å². The van der Waals surface area contributed by atoms with Gasteiger partial charge in [-0.2, -0.15) is 0 Å². The van der Waals surface area contributed by atoms with Gasteiger partial charge in [0.1, 0.15) is 6.04 Å². The lowest BCUT2D eigenvalue weighted by molar-refractivity contribution is -0.129. The highest BCUT2D eigenvalue weighted by Crippen LogP contribution is 2.27. The molecule has 0 bridgehead atoms. The first kappa shape index (κ1) is 12.9. The van der Waals surface area contributed by atoms with Gasteiger partial charge in [0, 0.05) is 13.6 Å². The Morgan fingerprint density at radius 3 is 2.75 bits per heavy atom. The molecule has 0 saturated carbocycles. The molecule has 3 rings (SSSR count).